The van der Waals surface area contributed by atoms with Crippen LogP contribution in [0.4, 0.5) is 0 Å². The standard InChI is InChI=1S/C25H28O5/c1-15(2)5-8-19-16(6-10-21(27)20-9-7-18(26)14-22(20)28)13-17-11-12-25(3,4)30-24(17)23(19)29/h5,7,9,11-14,26,28-29H,6,8,10H2,1-4H3. The summed E-state index contributed by atoms with van der Waals surface area (Å²) in [5.41, 5.74) is 3.18. The summed E-state index contributed by atoms with van der Waals surface area (Å²) >= 11 is 0. The highest BCUT2D eigenvalue weighted by molar-refractivity contribution is 5.98. The van der Waals surface area contributed by atoms with Crippen LogP contribution in [-0.2, 0) is 12.8 Å². The number of ketones is 1. The number of fused-ring (bicyclic) bond motifs is 1. The molecule has 1 aliphatic rings. The van der Waals surface area contributed by atoms with Crippen LogP contribution < -0.4 is 4.74 Å². The van der Waals surface area contributed by atoms with Gasteiger partial charge in [0.1, 0.15) is 17.1 Å². The molecule has 0 atom stereocenters. The van der Waals surface area contributed by atoms with E-state index in [9.17, 15) is 20.1 Å². The SMILES string of the molecule is CC(C)=CCc1c(CCC(=O)c2ccc(O)cc2O)cc2c(c1O)OC(C)(C)C=C2. The van der Waals surface area contributed by atoms with Gasteiger partial charge in [0.15, 0.2) is 17.3 Å². The Labute approximate surface area is 177 Å². The van der Waals surface area contributed by atoms with Gasteiger partial charge in [0, 0.05) is 23.6 Å². The Morgan fingerprint density at radius 2 is 1.87 bits per heavy atom. The molecule has 3 rings (SSSR count). The lowest BCUT2D eigenvalue weighted by Crippen LogP contribution is -2.27. The Kier molecular flexibility index (Phi) is 5.92. The Bertz CT molecular complexity index is 1040. The molecule has 3 N–H and O–H groups in total. The third-order valence-electron chi connectivity index (χ3n) is 5.13. The normalized spacial score (nSPS) is 14.0. The molecule has 0 aliphatic carbocycles. The fourth-order valence-electron chi connectivity index (χ4n) is 3.48. The molecule has 0 radical (unpaired) electrons. The van der Waals surface area contributed by atoms with Crippen LogP contribution in [0.3, 0.4) is 0 Å². The maximum absolute atomic E-state index is 12.6. The molecule has 5 heteroatoms. The summed E-state index contributed by atoms with van der Waals surface area (Å²) < 4.78 is 5.99. The summed E-state index contributed by atoms with van der Waals surface area (Å²) in [6, 6.07) is 5.91. The van der Waals surface area contributed by atoms with Crippen molar-refractivity contribution in [1.29, 1.82) is 0 Å². The van der Waals surface area contributed by atoms with Gasteiger partial charge in [-0.25, -0.2) is 0 Å². The van der Waals surface area contributed by atoms with Crippen molar-refractivity contribution in [3.63, 3.8) is 0 Å². The van der Waals surface area contributed by atoms with E-state index in [1.807, 2.05) is 52.0 Å². The Morgan fingerprint density at radius 3 is 2.53 bits per heavy atom. The third kappa shape index (κ3) is 4.67. The average Bonchev–Trinajstić information content (AvgIpc) is 2.65. The van der Waals surface area contributed by atoms with Crippen LogP contribution in [-0.4, -0.2) is 26.7 Å². The van der Waals surface area contributed by atoms with E-state index < -0.39 is 5.60 Å². The van der Waals surface area contributed by atoms with Crippen molar-refractivity contribution in [2.45, 2.75) is 52.6 Å². The molecular formula is C25H28O5. The highest BCUT2D eigenvalue weighted by Crippen LogP contribution is 2.43. The lowest BCUT2D eigenvalue weighted by molar-refractivity contribution is 0.0980. The second-order valence-corrected chi connectivity index (χ2v) is 8.43. The van der Waals surface area contributed by atoms with Crippen LogP contribution in [0.1, 0.15) is 61.2 Å². The molecule has 0 unspecified atom stereocenters. The van der Waals surface area contributed by atoms with Gasteiger partial charge >= 0.3 is 0 Å². The van der Waals surface area contributed by atoms with E-state index in [-0.39, 0.29) is 35.0 Å². The minimum absolute atomic E-state index is 0.0950. The molecule has 0 saturated carbocycles. The summed E-state index contributed by atoms with van der Waals surface area (Å²) in [5, 5.41) is 30.4. The molecule has 0 saturated heterocycles. The minimum Gasteiger partial charge on any atom is -0.508 e. The highest BCUT2D eigenvalue weighted by atomic mass is 16.5. The summed E-state index contributed by atoms with van der Waals surface area (Å²) in [6.45, 7) is 7.85. The van der Waals surface area contributed by atoms with Crippen molar-refractivity contribution < 1.29 is 24.9 Å². The molecule has 30 heavy (non-hydrogen) atoms. The first-order chi connectivity index (χ1) is 14.1. The fraction of sp³-hybridized carbons (Fsp3) is 0.320. The number of rotatable bonds is 6. The van der Waals surface area contributed by atoms with Gasteiger partial charge in [0.25, 0.3) is 0 Å². The predicted octanol–water partition coefficient (Wildman–Crippen LogP) is 5.31. The number of ether oxygens (including phenoxy) is 1. The molecule has 158 valence electrons. The summed E-state index contributed by atoms with van der Waals surface area (Å²) in [6.07, 6.45) is 7.00. The number of phenols is 3. The number of hydrogen-bond acceptors (Lipinski definition) is 5. The Hall–Kier alpha value is -3.21. The summed E-state index contributed by atoms with van der Waals surface area (Å²) in [7, 11) is 0. The monoisotopic (exact) mass is 408 g/mol. The van der Waals surface area contributed by atoms with Gasteiger partial charge in [0.2, 0.25) is 0 Å². The van der Waals surface area contributed by atoms with E-state index in [2.05, 4.69) is 0 Å². The first kappa shape index (κ1) is 21.5. The zero-order valence-corrected chi connectivity index (χ0v) is 17.8. The van der Waals surface area contributed by atoms with Crippen LogP contribution in [0.2, 0.25) is 0 Å². The number of carbonyl (C=O) groups is 1. The first-order valence-electron chi connectivity index (χ1n) is 10.0. The minimum atomic E-state index is -0.508. The van der Waals surface area contributed by atoms with Crippen molar-refractivity contribution >= 4 is 11.9 Å². The molecule has 2 aromatic carbocycles. The van der Waals surface area contributed by atoms with E-state index in [0.29, 0.717) is 18.6 Å². The molecule has 0 aromatic heterocycles. The van der Waals surface area contributed by atoms with Crippen molar-refractivity contribution in [2.24, 2.45) is 0 Å². The van der Waals surface area contributed by atoms with Crippen molar-refractivity contribution in [3.05, 3.63) is 64.2 Å². The van der Waals surface area contributed by atoms with Crippen LogP contribution in [0.15, 0.2) is 42.0 Å². The predicted molar refractivity (Wildman–Crippen MR) is 117 cm³/mol. The molecule has 0 amide bonds. The molecule has 1 heterocycles. The molecule has 2 aromatic rings. The van der Waals surface area contributed by atoms with Crippen LogP contribution in [0.25, 0.3) is 6.08 Å². The Balaban J connectivity index is 1.93. The molecule has 0 fully saturated rings. The topological polar surface area (TPSA) is 87.0 Å². The van der Waals surface area contributed by atoms with E-state index in [1.54, 1.807) is 0 Å². The van der Waals surface area contributed by atoms with Crippen molar-refractivity contribution in [3.8, 4) is 23.0 Å². The number of Topliss-reactive ketones (excluding diaryl/α,β-unsaturated/α-hetero) is 1. The average molecular weight is 408 g/mol. The number of aromatic hydroxyl groups is 3. The lowest BCUT2D eigenvalue weighted by atomic mass is 9.91. The number of phenolic OH excluding ortho intramolecular Hbond substituents is 3. The number of aryl methyl sites for hydroxylation is 1. The molecule has 5 nitrogen and oxygen atoms in total. The van der Waals surface area contributed by atoms with E-state index >= 15 is 0 Å². The molecule has 0 spiro atoms. The maximum atomic E-state index is 12.6. The van der Waals surface area contributed by atoms with Crippen LogP contribution >= 0.6 is 0 Å². The number of hydrogen-bond donors (Lipinski definition) is 3. The smallest absolute Gasteiger partial charge is 0.169 e. The molecule has 1 aliphatic heterocycles. The fourth-order valence-corrected chi connectivity index (χ4v) is 3.48. The molecular weight excluding hydrogens is 380 g/mol. The second kappa shape index (κ2) is 8.27. The lowest BCUT2D eigenvalue weighted by Gasteiger charge is -2.29. The van der Waals surface area contributed by atoms with Crippen molar-refractivity contribution in [2.75, 3.05) is 0 Å². The van der Waals surface area contributed by atoms with Gasteiger partial charge in [0.05, 0.1) is 5.56 Å². The summed E-state index contributed by atoms with van der Waals surface area (Å²) in [4.78, 5) is 12.6. The second-order valence-electron chi connectivity index (χ2n) is 8.43. The Morgan fingerprint density at radius 1 is 1.13 bits per heavy atom. The number of allylic oxidation sites excluding steroid dienone is 2. The zero-order chi connectivity index (χ0) is 22.1. The zero-order valence-electron chi connectivity index (χ0n) is 17.8. The summed E-state index contributed by atoms with van der Waals surface area (Å²) in [5.74, 6) is 0.00747. The highest BCUT2D eigenvalue weighted by Gasteiger charge is 2.27. The van der Waals surface area contributed by atoms with Gasteiger partial charge in [-0.2, -0.15) is 0 Å². The maximum Gasteiger partial charge on any atom is 0.169 e. The number of carbonyl (C=O) groups excluding carboxylic acids is 1. The number of benzene rings is 2. The van der Waals surface area contributed by atoms with Gasteiger partial charge in [-0.1, -0.05) is 17.7 Å². The van der Waals surface area contributed by atoms with Crippen molar-refractivity contribution in [1.82, 2.24) is 0 Å². The van der Waals surface area contributed by atoms with Crippen LogP contribution in [0.5, 0.6) is 23.0 Å². The van der Waals surface area contributed by atoms with E-state index in [0.717, 1.165) is 28.3 Å². The third-order valence-corrected chi connectivity index (χ3v) is 5.13. The van der Waals surface area contributed by atoms with Crippen LogP contribution in [0, 0.1) is 0 Å². The first-order valence-corrected chi connectivity index (χ1v) is 10.0. The van der Waals surface area contributed by atoms with Gasteiger partial charge in [-0.05, 0) is 70.4 Å². The van der Waals surface area contributed by atoms with Gasteiger partial charge < -0.3 is 20.1 Å². The molecule has 0 bridgehead atoms. The van der Waals surface area contributed by atoms with E-state index in [1.165, 1.54) is 12.1 Å². The van der Waals surface area contributed by atoms with E-state index in [4.69, 9.17) is 4.74 Å². The van der Waals surface area contributed by atoms with Gasteiger partial charge in [-0.3, -0.25) is 4.79 Å². The largest absolute Gasteiger partial charge is 0.508 e. The quantitative estimate of drug-likeness (QED) is 0.445. The van der Waals surface area contributed by atoms with Gasteiger partial charge in [-0.15, -0.1) is 0 Å².